The molecule has 0 unspecified atom stereocenters. The molecule has 0 aliphatic carbocycles. The van der Waals surface area contributed by atoms with E-state index in [0.29, 0.717) is 13.2 Å². The molecule has 102 valence electrons. The molecule has 20 heavy (non-hydrogen) atoms. The second-order valence-corrected chi connectivity index (χ2v) is 4.94. The molecule has 0 N–H and O–H groups in total. The van der Waals surface area contributed by atoms with Crippen LogP contribution in [-0.2, 0) is 11.3 Å². The Balaban J connectivity index is 1.64. The van der Waals surface area contributed by atoms with E-state index in [9.17, 15) is 4.79 Å². The maximum absolute atomic E-state index is 11.9. The van der Waals surface area contributed by atoms with Crippen LogP contribution in [0.2, 0.25) is 0 Å². The number of carbonyl (C=O) groups excluding carboxylic acids is 1. The Morgan fingerprint density at radius 2 is 1.95 bits per heavy atom. The minimum atomic E-state index is -0.234. The van der Waals surface area contributed by atoms with Crippen LogP contribution in [0.15, 0.2) is 54.6 Å². The molecule has 3 heteroatoms. The van der Waals surface area contributed by atoms with Crippen molar-refractivity contribution in [1.29, 1.82) is 0 Å². The van der Waals surface area contributed by atoms with Crippen molar-refractivity contribution >= 4 is 16.9 Å². The van der Waals surface area contributed by atoms with Crippen LogP contribution < -0.4 is 0 Å². The average molecular weight is 267 g/mol. The van der Waals surface area contributed by atoms with Crippen LogP contribution >= 0.6 is 0 Å². The molecule has 0 atom stereocenters. The molecular weight excluding hydrogens is 250 g/mol. The van der Waals surface area contributed by atoms with Crippen molar-refractivity contribution in [1.82, 2.24) is 4.90 Å². The molecule has 0 aromatic heterocycles. The largest absolute Gasteiger partial charge is 0.445 e. The number of hydrogen-bond acceptors (Lipinski definition) is 2. The molecule has 3 rings (SSSR count). The van der Waals surface area contributed by atoms with E-state index in [2.05, 4.69) is 30.3 Å². The lowest BCUT2D eigenvalue weighted by Gasteiger charge is -2.22. The number of benzene rings is 2. The van der Waals surface area contributed by atoms with Gasteiger partial charge in [0, 0.05) is 13.1 Å². The third-order valence-corrected chi connectivity index (χ3v) is 3.49. The zero-order valence-corrected chi connectivity index (χ0v) is 11.3. The summed E-state index contributed by atoms with van der Waals surface area (Å²) in [5, 5.41) is 2.37. The fourth-order valence-electron chi connectivity index (χ4n) is 2.37. The molecule has 0 radical (unpaired) electrons. The average Bonchev–Trinajstić information content (AvgIpc) is 2.53. The number of ether oxygens (including phenoxy) is 1. The Morgan fingerprint density at radius 3 is 2.75 bits per heavy atom. The van der Waals surface area contributed by atoms with Gasteiger partial charge < -0.3 is 9.64 Å². The lowest BCUT2D eigenvalue weighted by molar-refractivity contribution is 0.0995. The number of hydrogen-bond donors (Lipinski definition) is 0. The predicted octanol–water partition coefficient (Wildman–Crippen LogP) is 3.74. The van der Waals surface area contributed by atoms with Gasteiger partial charge in [-0.05, 0) is 28.8 Å². The minimum absolute atomic E-state index is 0.234. The van der Waals surface area contributed by atoms with Crippen LogP contribution in [0.1, 0.15) is 12.0 Å². The molecule has 0 bridgehead atoms. The van der Waals surface area contributed by atoms with Gasteiger partial charge in [0.1, 0.15) is 6.61 Å². The standard InChI is InChI=1S/C17H17NO2/c19-17(18-10-4-1-5-11-18)20-13-14-8-9-15-6-2-3-7-16(15)12-14/h1-4,6-9,12H,5,10-11,13H2. The van der Waals surface area contributed by atoms with E-state index in [-0.39, 0.29) is 6.09 Å². The molecule has 1 amide bonds. The third kappa shape index (κ3) is 2.82. The summed E-state index contributed by atoms with van der Waals surface area (Å²) in [7, 11) is 0. The van der Waals surface area contributed by atoms with Gasteiger partial charge in [0.25, 0.3) is 0 Å². The zero-order valence-electron chi connectivity index (χ0n) is 11.3. The van der Waals surface area contributed by atoms with Crippen LogP contribution in [0.25, 0.3) is 10.8 Å². The smallest absolute Gasteiger partial charge is 0.410 e. The number of nitrogens with zero attached hydrogens (tertiary/aromatic N) is 1. The van der Waals surface area contributed by atoms with Gasteiger partial charge in [-0.1, -0.05) is 48.6 Å². The zero-order chi connectivity index (χ0) is 13.8. The SMILES string of the molecule is O=C(OCc1ccc2ccccc2c1)N1CC=CCC1. The summed E-state index contributed by atoms with van der Waals surface area (Å²) in [6.45, 7) is 1.72. The fourth-order valence-corrected chi connectivity index (χ4v) is 2.37. The van der Waals surface area contributed by atoms with Crippen LogP contribution in [0.3, 0.4) is 0 Å². The highest BCUT2D eigenvalue weighted by Gasteiger charge is 2.14. The topological polar surface area (TPSA) is 29.5 Å². The summed E-state index contributed by atoms with van der Waals surface area (Å²) in [6, 6.07) is 14.3. The van der Waals surface area contributed by atoms with E-state index < -0.39 is 0 Å². The Morgan fingerprint density at radius 1 is 1.10 bits per heavy atom. The Hall–Kier alpha value is -2.29. The first kappa shape index (κ1) is 12.7. The summed E-state index contributed by atoms with van der Waals surface area (Å²) in [5.74, 6) is 0. The van der Waals surface area contributed by atoms with Crippen molar-refractivity contribution in [2.45, 2.75) is 13.0 Å². The molecule has 0 saturated heterocycles. The van der Waals surface area contributed by atoms with Crippen molar-refractivity contribution in [3.05, 3.63) is 60.2 Å². The molecule has 1 aliphatic heterocycles. The first-order chi connectivity index (χ1) is 9.83. The minimum Gasteiger partial charge on any atom is -0.445 e. The molecule has 2 aromatic rings. The molecule has 0 fully saturated rings. The van der Waals surface area contributed by atoms with Gasteiger partial charge in [-0.25, -0.2) is 4.79 Å². The maximum atomic E-state index is 11.9. The van der Waals surface area contributed by atoms with Gasteiger partial charge >= 0.3 is 6.09 Å². The first-order valence-corrected chi connectivity index (χ1v) is 6.87. The molecule has 0 spiro atoms. The maximum Gasteiger partial charge on any atom is 0.410 e. The van der Waals surface area contributed by atoms with Crippen LogP contribution in [-0.4, -0.2) is 24.1 Å². The highest BCUT2D eigenvalue weighted by atomic mass is 16.6. The highest BCUT2D eigenvalue weighted by Crippen LogP contribution is 2.16. The van der Waals surface area contributed by atoms with Gasteiger partial charge in [-0.15, -0.1) is 0 Å². The third-order valence-electron chi connectivity index (χ3n) is 3.49. The van der Waals surface area contributed by atoms with E-state index in [1.807, 2.05) is 24.3 Å². The van der Waals surface area contributed by atoms with Crippen molar-refractivity contribution in [2.24, 2.45) is 0 Å². The normalized spacial score (nSPS) is 14.5. The second-order valence-electron chi connectivity index (χ2n) is 4.94. The van der Waals surface area contributed by atoms with Gasteiger partial charge in [0.05, 0.1) is 0 Å². The monoisotopic (exact) mass is 267 g/mol. The van der Waals surface area contributed by atoms with Gasteiger partial charge in [0.2, 0.25) is 0 Å². The molecule has 1 aliphatic rings. The van der Waals surface area contributed by atoms with E-state index >= 15 is 0 Å². The molecule has 1 heterocycles. The van der Waals surface area contributed by atoms with E-state index in [0.717, 1.165) is 18.5 Å². The van der Waals surface area contributed by atoms with Crippen molar-refractivity contribution < 1.29 is 9.53 Å². The number of rotatable bonds is 2. The Kier molecular flexibility index (Phi) is 3.68. The van der Waals surface area contributed by atoms with Gasteiger partial charge in [0.15, 0.2) is 0 Å². The van der Waals surface area contributed by atoms with E-state index in [1.165, 1.54) is 10.8 Å². The lowest BCUT2D eigenvalue weighted by Crippen LogP contribution is -2.34. The fraction of sp³-hybridized carbons (Fsp3) is 0.235. The van der Waals surface area contributed by atoms with E-state index in [1.54, 1.807) is 4.90 Å². The summed E-state index contributed by atoms with van der Waals surface area (Å²) in [4.78, 5) is 13.6. The molecule has 2 aromatic carbocycles. The van der Waals surface area contributed by atoms with Crippen molar-refractivity contribution in [3.63, 3.8) is 0 Å². The Bertz CT molecular complexity index is 648. The summed E-state index contributed by atoms with van der Waals surface area (Å²) in [6.07, 6.45) is 4.77. The first-order valence-electron chi connectivity index (χ1n) is 6.87. The second kappa shape index (κ2) is 5.78. The van der Waals surface area contributed by atoms with Crippen molar-refractivity contribution in [2.75, 3.05) is 13.1 Å². The highest BCUT2D eigenvalue weighted by molar-refractivity contribution is 5.83. The molecule has 3 nitrogen and oxygen atoms in total. The number of amides is 1. The summed E-state index contributed by atoms with van der Waals surface area (Å²) in [5.41, 5.74) is 1.02. The summed E-state index contributed by atoms with van der Waals surface area (Å²) < 4.78 is 5.37. The van der Waals surface area contributed by atoms with Crippen LogP contribution in [0.4, 0.5) is 4.79 Å². The van der Waals surface area contributed by atoms with Gasteiger partial charge in [-0.3, -0.25) is 0 Å². The Labute approximate surface area is 118 Å². The van der Waals surface area contributed by atoms with Crippen LogP contribution in [0, 0.1) is 0 Å². The number of carbonyl (C=O) groups is 1. The summed E-state index contributed by atoms with van der Waals surface area (Å²) >= 11 is 0. The number of fused-ring (bicyclic) bond motifs is 1. The molecule has 0 saturated carbocycles. The molecular formula is C17H17NO2. The van der Waals surface area contributed by atoms with Crippen LogP contribution in [0.5, 0.6) is 0 Å². The predicted molar refractivity (Wildman–Crippen MR) is 79.5 cm³/mol. The van der Waals surface area contributed by atoms with Crippen molar-refractivity contribution in [3.8, 4) is 0 Å². The van der Waals surface area contributed by atoms with E-state index in [4.69, 9.17) is 4.74 Å². The quantitative estimate of drug-likeness (QED) is 0.776. The van der Waals surface area contributed by atoms with Gasteiger partial charge in [-0.2, -0.15) is 0 Å². The lowest BCUT2D eigenvalue weighted by atomic mass is 10.1.